The van der Waals surface area contributed by atoms with Crippen molar-refractivity contribution in [3.05, 3.63) is 29.8 Å². The Labute approximate surface area is 105 Å². The largest absolute Gasteiger partial charge is 0.381 e. The van der Waals surface area contributed by atoms with Crippen LogP contribution in [0.2, 0.25) is 0 Å². The van der Waals surface area contributed by atoms with E-state index in [1.807, 2.05) is 0 Å². The van der Waals surface area contributed by atoms with E-state index < -0.39 is 0 Å². The Morgan fingerprint density at radius 3 is 2.41 bits per heavy atom. The molecule has 1 aliphatic rings. The first-order valence-corrected chi connectivity index (χ1v) is 6.63. The quantitative estimate of drug-likeness (QED) is 0.818. The first-order valence-electron chi connectivity index (χ1n) is 6.63. The van der Waals surface area contributed by atoms with Gasteiger partial charge in [-0.2, -0.15) is 0 Å². The molecule has 0 unspecified atom stereocenters. The molecule has 1 atom stereocenters. The number of nitrogens with one attached hydrogen (secondary N) is 2. The summed E-state index contributed by atoms with van der Waals surface area (Å²) >= 11 is 0. The highest BCUT2D eigenvalue weighted by Gasteiger charge is 2.14. The van der Waals surface area contributed by atoms with Crippen LogP contribution >= 0.6 is 0 Å². The smallest absolute Gasteiger partial charge is 0.0386 e. The zero-order chi connectivity index (χ0) is 12.3. The lowest BCUT2D eigenvalue weighted by molar-refractivity contribution is 0.480. The van der Waals surface area contributed by atoms with Gasteiger partial charge in [-0.1, -0.05) is 32.9 Å². The number of hydrogen-bond donors (Lipinski definition) is 2. The molecule has 1 aromatic carbocycles. The van der Waals surface area contributed by atoms with Crippen molar-refractivity contribution in [2.24, 2.45) is 0 Å². The Kier molecular flexibility index (Phi) is 3.72. The van der Waals surface area contributed by atoms with E-state index in [0.29, 0.717) is 6.04 Å². The molecule has 1 aliphatic heterocycles. The van der Waals surface area contributed by atoms with Gasteiger partial charge in [-0.25, -0.2) is 0 Å². The van der Waals surface area contributed by atoms with Crippen LogP contribution in [0.3, 0.4) is 0 Å². The van der Waals surface area contributed by atoms with Crippen LogP contribution in [0.25, 0.3) is 0 Å². The molecule has 0 bridgehead atoms. The molecule has 2 nitrogen and oxygen atoms in total. The molecule has 0 spiro atoms. The molecule has 94 valence electrons. The van der Waals surface area contributed by atoms with Crippen molar-refractivity contribution >= 4 is 5.69 Å². The molecule has 2 heteroatoms. The predicted molar refractivity (Wildman–Crippen MR) is 74.7 cm³/mol. The molecule has 1 heterocycles. The minimum absolute atomic E-state index is 0.241. The minimum atomic E-state index is 0.241. The molecule has 1 fully saturated rings. The summed E-state index contributed by atoms with van der Waals surface area (Å²) in [5.74, 6) is 0. The van der Waals surface area contributed by atoms with Crippen LogP contribution in [0.5, 0.6) is 0 Å². The Balaban J connectivity index is 1.98. The minimum Gasteiger partial charge on any atom is -0.381 e. The Bertz CT molecular complexity index is 342. The van der Waals surface area contributed by atoms with Gasteiger partial charge >= 0.3 is 0 Å². The summed E-state index contributed by atoms with van der Waals surface area (Å²) in [5.41, 5.74) is 2.88. The Morgan fingerprint density at radius 1 is 1.18 bits per heavy atom. The average molecular weight is 232 g/mol. The van der Waals surface area contributed by atoms with Crippen molar-refractivity contribution in [2.45, 2.75) is 45.1 Å². The van der Waals surface area contributed by atoms with Gasteiger partial charge in [-0.3, -0.25) is 0 Å². The third kappa shape index (κ3) is 3.47. The average Bonchev–Trinajstić information content (AvgIpc) is 2.30. The van der Waals surface area contributed by atoms with E-state index in [0.717, 1.165) is 6.54 Å². The van der Waals surface area contributed by atoms with E-state index in [-0.39, 0.29) is 5.41 Å². The fourth-order valence-electron chi connectivity index (χ4n) is 2.28. The summed E-state index contributed by atoms with van der Waals surface area (Å²) in [4.78, 5) is 0. The van der Waals surface area contributed by atoms with Gasteiger partial charge in [0.1, 0.15) is 0 Å². The van der Waals surface area contributed by atoms with Crippen molar-refractivity contribution in [2.75, 3.05) is 18.4 Å². The number of hydrogen-bond acceptors (Lipinski definition) is 2. The van der Waals surface area contributed by atoms with E-state index in [4.69, 9.17) is 0 Å². The van der Waals surface area contributed by atoms with Gasteiger partial charge in [0.05, 0.1) is 0 Å². The molecule has 2 N–H and O–H groups in total. The van der Waals surface area contributed by atoms with Gasteiger partial charge in [-0.05, 0) is 42.5 Å². The molecule has 1 saturated heterocycles. The zero-order valence-electron chi connectivity index (χ0n) is 11.2. The molecule has 1 aromatic rings. The standard InChI is InChI=1S/C15H24N2/c1-15(2,3)12-6-8-13(9-7-12)17-14-5-4-10-16-11-14/h6-9,14,16-17H,4-5,10-11H2,1-3H3/t14-/m1/s1. The second-order valence-electron chi connectivity index (χ2n) is 6.01. The van der Waals surface area contributed by atoms with Crippen LogP contribution in [-0.2, 0) is 5.41 Å². The molecule has 0 amide bonds. The van der Waals surface area contributed by atoms with Gasteiger partial charge in [0.25, 0.3) is 0 Å². The van der Waals surface area contributed by atoms with Crippen molar-refractivity contribution < 1.29 is 0 Å². The van der Waals surface area contributed by atoms with Gasteiger partial charge in [0.2, 0.25) is 0 Å². The lowest BCUT2D eigenvalue weighted by Gasteiger charge is -2.25. The van der Waals surface area contributed by atoms with Gasteiger partial charge in [0, 0.05) is 18.3 Å². The highest BCUT2D eigenvalue weighted by molar-refractivity contribution is 5.46. The third-order valence-corrected chi connectivity index (χ3v) is 3.42. The molecular formula is C15H24N2. The molecule has 0 aliphatic carbocycles. The van der Waals surface area contributed by atoms with E-state index in [1.54, 1.807) is 0 Å². The highest BCUT2D eigenvalue weighted by atomic mass is 15.0. The number of anilines is 1. The summed E-state index contributed by atoms with van der Waals surface area (Å²) in [6.07, 6.45) is 2.55. The molecular weight excluding hydrogens is 208 g/mol. The normalized spacial score (nSPS) is 21.2. The molecule has 0 aromatic heterocycles. The maximum Gasteiger partial charge on any atom is 0.0386 e. The summed E-state index contributed by atoms with van der Waals surface area (Å²) < 4.78 is 0. The van der Waals surface area contributed by atoms with Crippen LogP contribution in [-0.4, -0.2) is 19.1 Å². The van der Waals surface area contributed by atoms with Crippen molar-refractivity contribution in [1.29, 1.82) is 0 Å². The van der Waals surface area contributed by atoms with Crippen LogP contribution in [0, 0.1) is 0 Å². The van der Waals surface area contributed by atoms with E-state index in [9.17, 15) is 0 Å². The van der Waals surface area contributed by atoms with E-state index >= 15 is 0 Å². The molecule has 17 heavy (non-hydrogen) atoms. The van der Waals surface area contributed by atoms with Gasteiger partial charge in [-0.15, -0.1) is 0 Å². The molecule has 0 radical (unpaired) electrons. The van der Waals surface area contributed by atoms with Crippen molar-refractivity contribution in [3.8, 4) is 0 Å². The summed E-state index contributed by atoms with van der Waals surface area (Å²) in [6, 6.07) is 9.46. The number of piperidine rings is 1. The number of benzene rings is 1. The Morgan fingerprint density at radius 2 is 1.88 bits per heavy atom. The van der Waals surface area contributed by atoms with Crippen LogP contribution in [0.4, 0.5) is 5.69 Å². The fraction of sp³-hybridized carbons (Fsp3) is 0.600. The maximum absolute atomic E-state index is 3.60. The lowest BCUT2D eigenvalue weighted by Crippen LogP contribution is -2.38. The van der Waals surface area contributed by atoms with Crippen LogP contribution in [0.15, 0.2) is 24.3 Å². The zero-order valence-corrected chi connectivity index (χ0v) is 11.2. The monoisotopic (exact) mass is 232 g/mol. The van der Waals surface area contributed by atoms with Crippen molar-refractivity contribution in [1.82, 2.24) is 5.32 Å². The van der Waals surface area contributed by atoms with E-state index in [1.165, 1.54) is 30.6 Å². The Hall–Kier alpha value is -1.02. The van der Waals surface area contributed by atoms with Crippen molar-refractivity contribution in [3.63, 3.8) is 0 Å². The number of rotatable bonds is 2. The topological polar surface area (TPSA) is 24.1 Å². The summed E-state index contributed by atoms with van der Waals surface area (Å²) in [6.45, 7) is 9.00. The first-order chi connectivity index (χ1) is 8.05. The second kappa shape index (κ2) is 5.09. The molecule has 2 rings (SSSR count). The predicted octanol–water partition coefficient (Wildman–Crippen LogP) is 3.15. The van der Waals surface area contributed by atoms with E-state index in [2.05, 4.69) is 55.7 Å². The van der Waals surface area contributed by atoms with Gasteiger partial charge in [0.15, 0.2) is 0 Å². The van der Waals surface area contributed by atoms with Crippen LogP contribution in [0.1, 0.15) is 39.2 Å². The summed E-state index contributed by atoms with van der Waals surface area (Å²) in [5, 5.41) is 7.03. The second-order valence-corrected chi connectivity index (χ2v) is 6.01. The lowest BCUT2D eigenvalue weighted by atomic mass is 9.87. The third-order valence-electron chi connectivity index (χ3n) is 3.42. The molecule has 0 saturated carbocycles. The highest BCUT2D eigenvalue weighted by Crippen LogP contribution is 2.24. The van der Waals surface area contributed by atoms with Crippen LogP contribution < -0.4 is 10.6 Å². The summed E-state index contributed by atoms with van der Waals surface area (Å²) in [7, 11) is 0. The first kappa shape index (κ1) is 12.4. The fourth-order valence-corrected chi connectivity index (χ4v) is 2.28. The SMILES string of the molecule is CC(C)(C)c1ccc(N[C@@H]2CCCNC2)cc1. The van der Waals surface area contributed by atoms with Gasteiger partial charge < -0.3 is 10.6 Å². The maximum atomic E-state index is 3.60.